The molecule has 0 unspecified atom stereocenters. The summed E-state index contributed by atoms with van der Waals surface area (Å²) in [5.41, 5.74) is 1.69. The van der Waals surface area contributed by atoms with Gasteiger partial charge >= 0.3 is 0 Å². The molecule has 0 fully saturated rings. The molecular formula is C19H29N3O. The third kappa shape index (κ3) is 6.05. The fraction of sp³-hybridized carbons (Fsp3) is 0.579. The predicted molar refractivity (Wildman–Crippen MR) is 94.8 cm³/mol. The molecule has 0 spiro atoms. The monoisotopic (exact) mass is 315 g/mol. The summed E-state index contributed by atoms with van der Waals surface area (Å²) < 4.78 is 1.87. The first-order valence-electron chi connectivity index (χ1n) is 9.01. The minimum absolute atomic E-state index is 0.000153. The minimum atomic E-state index is 0.000153. The van der Waals surface area contributed by atoms with Gasteiger partial charge in [-0.25, -0.2) is 4.98 Å². The van der Waals surface area contributed by atoms with Crippen LogP contribution in [0.4, 0.5) is 0 Å². The molecule has 0 bridgehead atoms. The molecule has 0 aliphatic carbocycles. The molecule has 0 radical (unpaired) electrons. The van der Waals surface area contributed by atoms with Gasteiger partial charge in [-0.15, -0.1) is 0 Å². The van der Waals surface area contributed by atoms with Crippen LogP contribution in [0.3, 0.4) is 0 Å². The number of carbonyl (C=O) groups excluding carboxylic acids is 1. The van der Waals surface area contributed by atoms with Crippen LogP contribution in [0.25, 0.3) is 5.52 Å². The van der Waals surface area contributed by atoms with E-state index >= 15 is 0 Å². The first-order valence-corrected chi connectivity index (χ1v) is 9.01. The maximum atomic E-state index is 12.1. The lowest BCUT2D eigenvalue weighted by atomic mass is 10.1. The van der Waals surface area contributed by atoms with Crippen LogP contribution in [0.5, 0.6) is 0 Å². The van der Waals surface area contributed by atoms with Crippen LogP contribution in [0.2, 0.25) is 0 Å². The third-order valence-electron chi connectivity index (χ3n) is 4.24. The zero-order chi connectivity index (χ0) is 16.3. The van der Waals surface area contributed by atoms with E-state index < -0.39 is 0 Å². The highest BCUT2D eigenvalue weighted by atomic mass is 16.1. The molecule has 1 amide bonds. The van der Waals surface area contributed by atoms with Gasteiger partial charge in [0, 0.05) is 12.7 Å². The smallest absolute Gasteiger partial charge is 0.252 e. The quantitative estimate of drug-likeness (QED) is 0.616. The second kappa shape index (κ2) is 10.0. The number of imidazole rings is 1. The number of hydrogen-bond donors (Lipinski definition) is 1. The van der Waals surface area contributed by atoms with Crippen LogP contribution in [0, 0.1) is 0 Å². The third-order valence-corrected chi connectivity index (χ3v) is 4.24. The lowest BCUT2D eigenvalue weighted by Gasteiger charge is -2.06. The van der Waals surface area contributed by atoms with Gasteiger partial charge in [0.1, 0.15) is 0 Å². The van der Waals surface area contributed by atoms with E-state index in [2.05, 4.69) is 17.2 Å². The first kappa shape index (κ1) is 17.5. The van der Waals surface area contributed by atoms with Gasteiger partial charge in [-0.05, 0) is 18.6 Å². The van der Waals surface area contributed by atoms with E-state index in [1.165, 1.54) is 51.4 Å². The van der Waals surface area contributed by atoms with Crippen LogP contribution in [0.15, 0.2) is 30.9 Å². The Morgan fingerprint density at radius 3 is 2.48 bits per heavy atom. The normalized spacial score (nSPS) is 11.0. The zero-order valence-corrected chi connectivity index (χ0v) is 14.3. The topological polar surface area (TPSA) is 46.4 Å². The average Bonchev–Trinajstić information content (AvgIpc) is 3.04. The Hall–Kier alpha value is -1.84. The second-order valence-corrected chi connectivity index (χ2v) is 6.23. The van der Waals surface area contributed by atoms with Gasteiger partial charge in [-0.1, -0.05) is 58.3 Å². The molecule has 0 aliphatic rings. The molecule has 2 aromatic heterocycles. The molecule has 126 valence electrons. The number of rotatable bonds is 11. The maximum Gasteiger partial charge on any atom is 0.252 e. The summed E-state index contributed by atoms with van der Waals surface area (Å²) in [7, 11) is 0. The van der Waals surface area contributed by atoms with Crippen molar-refractivity contribution in [1.82, 2.24) is 14.7 Å². The molecule has 4 heteroatoms. The van der Waals surface area contributed by atoms with E-state index in [0.717, 1.165) is 18.5 Å². The summed E-state index contributed by atoms with van der Waals surface area (Å²) in [6.07, 6.45) is 17.0. The van der Waals surface area contributed by atoms with Crippen LogP contribution in [0.1, 0.15) is 75.1 Å². The molecule has 4 nitrogen and oxygen atoms in total. The average molecular weight is 315 g/mol. The van der Waals surface area contributed by atoms with Gasteiger partial charge in [-0.3, -0.25) is 4.79 Å². The summed E-state index contributed by atoms with van der Waals surface area (Å²) in [6.45, 7) is 3.01. The number of fused-ring (bicyclic) bond motifs is 1. The minimum Gasteiger partial charge on any atom is -0.352 e. The lowest BCUT2D eigenvalue weighted by Crippen LogP contribution is -2.24. The Morgan fingerprint density at radius 1 is 1.04 bits per heavy atom. The van der Waals surface area contributed by atoms with E-state index in [1.54, 1.807) is 12.5 Å². The van der Waals surface area contributed by atoms with Gasteiger partial charge in [-0.2, -0.15) is 0 Å². The van der Waals surface area contributed by atoms with Crippen molar-refractivity contribution >= 4 is 11.4 Å². The largest absolute Gasteiger partial charge is 0.352 e. The summed E-state index contributed by atoms with van der Waals surface area (Å²) >= 11 is 0. The molecule has 2 rings (SSSR count). The second-order valence-electron chi connectivity index (χ2n) is 6.23. The number of aromatic nitrogens is 2. The van der Waals surface area contributed by atoms with Gasteiger partial charge in [0.25, 0.3) is 5.91 Å². The van der Waals surface area contributed by atoms with E-state index in [-0.39, 0.29) is 5.91 Å². The summed E-state index contributed by atoms with van der Waals surface area (Å²) in [5.74, 6) is 0.000153. The predicted octanol–water partition coefficient (Wildman–Crippen LogP) is 4.59. The molecule has 1 N–H and O–H groups in total. The van der Waals surface area contributed by atoms with Crippen molar-refractivity contribution in [1.29, 1.82) is 0 Å². The number of hydrogen-bond acceptors (Lipinski definition) is 2. The molecule has 0 saturated heterocycles. The maximum absolute atomic E-state index is 12.1. The highest BCUT2D eigenvalue weighted by Gasteiger charge is 2.05. The first-order chi connectivity index (χ1) is 11.3. The van der Waals surface area contributed by atoms with Gasteiger partial charge in [0.2, 0.25) is 0 Å². The van der Waals surface area contributed by atoms with Crippen LogP contribution in [-0.2, 0) is 0 Å². The molecule has 2 heterocycles. The van der Waals surface area contributed by atoms with E-state index in [4.69, 9.17) is 0 Å². The highest BCUT2D eigenvalue weighted by molar-refractivity contribution is 5.94. The number of nitrogens with one attached hydrogen (secondary N) is 1. The van der Waals surface area contributed by atoms with E-state index in [9.17, 15) is 4.79 Å². The Balaban J connectivity index is 1.54. The Bertz CT molecular complexity index is 591. The number of amides is 1. The van der Waals surface area contributed by atoms with E-state index in [0.29, 0.717) is 5.56 Å². The van der Waals surface area contributed by atoms with Crippen molar-refractivity contribution in [3.63, 3.8) is 0 Å². The number of carbonyl (C=O) groups is 1. The molecule has 0 atom stereocenters. The summed E-state index contributed by atoms with van der Waals surface area (Å²) in [4.78, 5) is 16.2. The fourth-order valence-corrected chi connectivity index (χ4v) is 2.79. The number of unbranched alkanes of at least 4 members (excludes halogenated alkanes) is 8. The Labute approximate surface area is 139 Å². The van der Waals surface area contributed by atoms with Gasteiger partial charge < -0.3 is 9.72 Å². The summed E-state index contributed by atoms with van der Waals surface area (Å²) in [6, 6.07) is 3.77. The SMILES string of the molecule is CCCCCCCCCCCNC(=O)c1ccc2cncn2c1. The van der Waals surface area contributed by atoms with E-state index in [1.807, 2.05) is 22.7 Å². The Morgan fingerprint density at radius 2 is 1.74 bits per heavy atom. The van der Waals surface area contributed by atoms with Crippen molar-refractivity contribution in [3.05, 3.63) is 36.4 Å². The molecule has 0 aromatic carbocycles. The number of nitrogens with zero attached hydrogens (tertiary/aromatic N) is 2. The highest BCUT2D eigenvalue weighted by Crippen LogP contribution is 2.09. The van der Waals surface area contributed by atoms with Crippen LogP contribution >= 0.6 is 0 Å². The standard InChI is InChI=1S/C19H29N3O/c1-2-3-4-5-6-7-8-9-10-13-21-19(23)17-11-12-18-14-20-16-22(18)15-17/h11-12,14-16H,2-10,13H2,1H3,(H,21,23). The van der Waals surface area contributed by atoms with Crippen molar-refractivity contribution in [3.8, 4) is 0 Å². The van der Waals surface area contributed by atoms with Crippen LogP contribution < -0.4 is 5.32 Å². The molecule has 23 heavy (non-hydrogen) atoms. The van der Waals surface area contributed by atoms with Crippen molar-refractivity contribution in [2.45, 2.75) is 64.7 Å². The number of pyridine rings is 1. The van der Waals surface area contributed by atoms with Gasteiger partial charge in [0.05, 0.1) is 23.6 Å². The van der Waals surface area contributed by atoms with Crippen LogP contribution in [-0.4, -0.2) is 21.8 Å². The van der Waals surface area contributed by atoms with Gasteiger partial charge in [0.15, 0.2) is 0 Å². The molecular weight excluding hydrogens is 286 g/mol. The molecule has 0 saturated carbocycles. The Kier molecular flexibility index (Phi) is 7.64. The van der Waals surface area contributed by atoms with Crippen molar-refractivity contribution in [2.75, 3.05) is 6.54 Å². The van der Waals surface area contributed by atoms with Crippen molar-refractivity contribution < 1.29 is 4.79 Å². The van der Waals surface area contributed by atoms with Crippen molar-refractivity contribution in [2.24, 2.45) is 0 Å². The zero-order valence-electron chi connectivity index (χ0n) is 14.3. The lowest BCUT2D eigenvalue weighted by molar-refractivity contribution is 0.0952. The molecule has 0 aliphatic heterocycles. The fourth-order valence-electron chi connectivity index (χ4n) is 2.79. The summed E-state index contributed by atoms with van der Waals surface area (Å²) in [5, 5.41) is 3.00. The molecule has 2 aromatic rings.